The van der Waals surface area contributed by atoms with Crippen LogP contribution < -0.4 is 10.6 Å². The van der Waals surface area contributed by atoms with Crippen molar-refractivity contribution in [3.63, 3.8) is 0 Å². The molecule has 158 valence electrons. The highest BCUT2D eigenvalue weighted by Gasteiger charge is 2.31. The van der Waals surface area contributed by atoms with Crippen molar-refractivity contribution in [2.24, 2.45) is 0 Å². The Bertz CT molecular complexity index is 1210. The van der Waals surface area contributed by atoms with Crippen molar-refractivity contribution < 1.29 is 13.2 Å². The average Bonchev–Trinajstić information content (AvgIpc) is 3.07. The molecule has 1 aliphatic rings. The summed E-state index contributed by atoms with van der Waals surface area (Å²) in [6.07, 6.45) is 1.61. The van der Waals surface area contributed by atoms with E-state index in [1.807, 2.05) is 19.9 Å². The van der Waals surface area contributed by atoms with Crippen LogP contribution in [0.1, 0.15) is 34.5 Å². The van der Waals surface area contributed by atoms with E-state index < -0.39 is 15.7 Å². The van der Waals surface area contributed by atoms with E-state index in [4.69, 9.17) is 11.6 Å². The van der Waals surface area contributed by atoms with E-state index in [0.29, 0.717) is 15.9 Å². The monoisotopic (exact) mass is 445 g/mol. The summed E-state index contributed by atoms with van der Waals surface area (Å²) in [4.78, 5) is 16.3. The number of aromatic nitrogens is 1. The van der Waals surface area contributed by atoms with Gasteiger partial charge >= 0.3 is 0 Å². The highest BCUT2D eigenvalue weighted by molar-refractivity contribution is 7.91. The van der Waals surface area contributed by atoms with Crippen LogP contribution in [0.4, 0.5) is 0 Å². The quantitative estimate of drug-likeness (QED) is 0.570. The molecule has 0 atom stereocenters. The zero-order valence-electron chi connectivity index (χ0n) is 16.9. The van der Waals surface area contributed by atoms with Crippen molar-refractivity contribution in [1.82, 2.24) is 15.6 Å². The molecule has 1 aliphatic heterocycles. The topological polar surface area (TPSA) is 91.1 Å². The summed E-state index contributed by atoms with van der Waals surface area (Å²) in [5.41, 5.74) is 2.28. The van der Waals surface area contributed by atoms with Gasteiger partial charge in [0.2, 0.25) is 9.84 Å². The number of carbonyl (C=O) groups is 1. The second kappa shape index (κ2) is 8.06. The van der Waals surface area contributed by atoms with Gasteiger partial charge in [0.15, 0.2) is 0 Å². The zero-order valence-corrected chi connectivity index (χ0v) is 18.5. The molecule has 30 heavy (non-hydrogen) atoms. The van der Waals surface area contributed by atoms with Crippen LogP contribution in [0.25, 0.3) is 10.9 Å². The van der Waals surface area contributed by atoms with Gasteiger partial charge in [0, 0.05) is 22.0 Å². The molecule has 1 aromatic heterocycles. The summed E-state index contributed by atoms with van der Waals surface area (Å²) in [5.74, 6) is -0.419. The van der Waals surface area contributed by atoms with Gasteiger partial charge in [-0.25, -0.2) is 8.42 Å². The molecule has 0 bridgehead atoms. The van der Waals surface area contributed by atoms with E-state index >= 15 is 0 Å². The molecule has 0 saturated carbocycles. The van der Waals surface area contributed by atoms with Gasteiger partial charge in [-0.1, -0.05) is 17.7 Å². The Morgan fingerprint density at radius 1 is 1.07 bits per heavy atom. The Morgan fingerprint density at radius 3 is 2.40 bits per heavy atom. The molecule has 2 heterocycles. The lowest BCUT2D eigenvalue weighted by Crippen LogP contribution is -2.43. The average molecular weight is 446 g/mol. The molecular weight excluding hydrogens is 422 g/mol. The third-order valence-corrected chi connectivity index (χ3v) is 7.44. The number of fused-ring (bicyclic) bond motifs is 1. The molecule has 0 aliphatic carbocycles. The zero-order chi connectivity index (χ0) is 21.5. The number of rotatable bonds is 4. The van der Waals surface area contributed by atoms with E-state index in [9.17, 15) is 13.2 Å². The molecular formula is C22H24ClN3O3S. The van der Waals surface area contributed by atoms with Crippen molar-refractivity contribution in [3.8, 4) is 0 Å². The van der Waals surface area contributed by atoms with Crippen LogP contribution in [0.2, 0.25) is 5.02 Å². The highest BCUT2D eigenvalue weighted by Crippen LogP contribution is 2.34. The molecule has 2 aromatic carbocycles. The van der Waals surface area contributed by atoms with Gasteiger partial charge in [-0.2, -0.15) is 0 Å². The largest absolute Gasteiger partial charge is 0.349 e. The maximum absolute atomic E-state index is 13.7. The maximum atomic E-state index is 13.7. The van der Waals surface area contributed by atoms with Gasteiger partial charge < -0.3 is 15.6 Å². The fraction of sp³-hybridized carbons (Fsp3) is 0.318. The van der Waals surface area contributed by atoms with Crippen LogP contribution in [-0.2, 0) is 9.84 Å². The molecule has 0 spiro atoms. The number of carbonyl (C=O) groups excluding carboxylic acids is 1. The van der Waals surface area contributed by atoms with Gasteiger partial charge in [-0.15, -0.1) is 0 Å². The number of hydrogen-bond donors (Lipinski definition) is 3. The van der Waals surface area contributed by atoms with Gasteiger partial charge in [0.25, 0.3) is 5.91 Å². The predicted molar refractivity (Wildman–Crippen MR) is 118 cm³/mol. The molecule has 1 saturated heterocycles. The summed E-state index contributed by atoms with van der Waals surface area (Å²) >= 11 is 6.17. The van der Waals surface area contributed by atoms with E-state index in [0.717, 1.165) is 37.1 Å². The number of piperidine rings is 1. The van der Waals surface area contributed by atoms with Gasteiger partial charge in [0.05, 0.1) is 4.90 Å². The smallest absolute Gasteiger partial charge is 0.269 e. The number of hydrogen-bond acceptors (Lipinski definition) is 4. The minimum Gasteiger partial charge on any atom is -0.349 e. The second-order valence-corrected chi connectivity index (χ2v) is 10.2. The van der Waals surface area contributed by atoms with E-state index in [1.54, 1.807) is 30.3 Å². The van der Waals surface area contributed by atoms with Crippen LogP contribution >= 0.6 is 11.6 Å². The standard InChI is InChI=1S/C22H24ClN3O3S/c1-13-9-14(2)11-17(10-13)30(28,29)21-18-12-15(23)3-4-19(18)26-20(21)22(27)25-16-5-7-24-8-6-16/h3-4,9-12,16,24,26H,5-8H2,1-2H3,(H,25,27). The first-order valence-electron chi connectivity index (χ1n) is 9.92. The minimum absolute atomic E-state index is 0.00511. The Kier molecular flexibility index (Phi) is 5.61. The molecule has 3 aromatic rings. The van der Waals surface area contributed by atoms with Gasteiger partial charge in [-0.3, -0.25) is 4.79 Å². The summed E-state index contributed by atoms with van der Waals surface area (Å²) in [5, 5.41) is 7.06. The van der Waals surface area contributed by atoms with Crippen molar-refractivity contribution in [1.29, 1.82) is 0 Å². The minimum atomic E-state index is -3.96. The van der Waals surface area contributed by atoms with E-state index in [2.05, 4.69) is 15.6 Å². The van der Waals surface area contributed by atoms with Crippen LogP contribution in [0.3, 0.4) is 0 Å². The number of halogens is 1. The fourth-order valence-electron chi connectivity index (χ4n) is 4.01. The number of aromatic amines is 1. The third-order valence-electron chi connectivity index (χ3n) is 5.39. The van der Waals surface area contributed by atoms with Crippen molar-refractivity contribution in [3.05, 3.63) is 58.2 Å². The fourth-order valence-corrected chi connectivity index (χ4v) is 5.97. The number of aryl methyl sites for hydroxylation is 2. The summed E-state index contributed by atoms with van der Waals surface area (Å²) in [7, 11) is -3.96. The second-order valence-electron chi connectivity index (χ2n) is 7.84. The number of amides is 1. The number of sulfone groups is 1. The van der Waals surface area contributed by atoms with Crippen LogP contribution in [0, 0.1) is 13.8 Å². The highest BCUT2D eigenvalue weighted by atomic mass is 35.5. The Morgan fingerprint density at radius 2 is 1.73 bits per heavy atom. The van der Waals surface area contributed by atoms with Gasteiger partial charge in [0.1, 0.15) is 10.6 Å². The van der Waals surface area contributed by atoms with Crippen molar-refractivity contribution in [2.45, 2.75) is 42.5 Å². The first kappa shape index (κ1) is 20.9. The van der Waals surface area contributed by atoms with E-state index in [1.165, 1.54) is 0 Å². The lowest BCUT2D eigenvalue weighted by atomic mass is 10.1. The lowest BCUT2D eigenvalue weighted by molar-refractivity contribution is 0.0922. The number of nitrogens with one attached hydrogen (secondary N) is 3. The molecule has 0 radical (unpaired) electrons. The normalized spacial score (nSPS) is 15.4. The van der Waals surface area contributed by atoms with Crippen LogP contribution in [0.15, 0.2) is 46.2 Å². The summed E-state index contributed by atoms with van der Waals surface area (Å²) < 4.78 is 27.4. The first-order chi connectivity index (χ1) is 14.3. The van der Waals surface area contributed by atoms with Gasteiger partial charge in [-0.05, 0) is 81.2 Å². The van der Waals surface area contributed by atoms with Crippen molar-refractivity contribution in [2.75, 3.05) is 13.1 Å². The molecule has 1 amide bonds. The van der Waals surface area contributed by atoms with Crippen molar-refractivity contribution >= 4 is 38.2 Å². The molecule has 1 fully saturated rings. The summed E-state index contributed by atoms with van der Waals surface area (Å²) in [6, 6.07) is 10.1. The number of benzene rings is 2. The van der Waals surface area contributed by atoms with Crippen LogP contribution in [0.5, 0.6) is 0 Å². The molecule has 3 N–H and O–H groups in total. The Balaban J connectivity index is 1.87. The third kappa shape index (κ3) is 3.97. The predicted octanol–water partition coefficient (Wildman–Crippen LogP) is 3.75. The SMILES string of the molecule is Cc1cc(C)cc(S(=O)(=O)c2c(C(=O)NC3CCNCC3)[nH]c3ccc(Cl)cc23)c1. The van der Waals surface area contributed by atoms with Crippen LogP contribution in [-0.4, -0.2) is 38.4 Å². The number of H-pyrrole nitrogens is 1. The molecule has 4 rings (SSSR count). The first-order valence-corrected chi connectivity index (χ1v) is 11.8. The Hall–Kier alpha value is -2.35. The molecule has 0 unspecified atom stereocenters. The maximum Gasteiger partial charge on any atom is 0.269 e. The van der Waals surface area contributed by atoms with E-state index in [-0.39, 0.29) is 21.5 Å². The Labute approximate surface area is 180 Å². The molecule has 6 nitrogen and oxygen atoms in total. The lowest BCUT2D eigenvalue weighted by Gasteiger charge is -2.23. The summed E-state index contributed by atoms with van der Waals surface area (Å²) in [6.45, 7) is 5.34. The molecule has 8 heteroatoms.